The van der Waals surface area contributed by atoms with Gasteiger partial charge < -0.3 is 10.1 Å². The average Bonchev–Trinajstić information content (AvgIpc) is 3.03. The number of carbonyl (C=O) groups is 1. The molecule has 1 aromatic carbocycles. The van der Waals surface area contributed by atoms with E-state index in [-0.39, 0.29) is 24.9 Å². The second kappa shape index (κ2) is 9.21. The first-order valence-corrected chi connectivity index (χ1v) is 10.7. The van der Waals surface area contributed by atoms with Crippen molar-refractivity contribution in [3.8, 4) is 0 Å². The number of carbonyl (C=O) groups excluding carboxylic acids is 1. The van der Waals surface area contributed by atoms with E-state index < -0.39 is 23.3 Å². The largest absolute Gasteiger partial charge is 0.420 e. The lowest BCUT2D eigenvalue weighted by molar-refractivity contribution is -0.138. The van der Waals surface area contributed by atoms with Crippen LogP contribution in [0.15, 0.2) is 29.2 Å². The molecule has 1 unspecified atom stereocenters. The molecule has 2 aromatic rings. The molecule has 158 valence electrons. The number of rotatable bonds is 6. The van der Waals surface area contributed by atoms with E-state index in [1.165, 1.54) is 6.92 Å². The van der Waals surface area contributed by atoms with Gasteiger partial charge in [0.25, 0.3) is 5.91 Å². The van der Waals surface area contributed by atoms with Crippen molar-refractivity contribution >= 4 is 17.7 Å². The molecule has 0 spiro atoms. The Balaban J connectivity index is 1.84. The number of halogens is 3. The van der Waals surface area contributed by atoms with Crippen LogP contribution in [0.3, 0.4) is 0 Å². The molecule has 1 aliphatic heterocycles. The summed E-state index contributed by atoms with van der Waals surface area (Å²) in [6, 6.07) is 7.50. The Labute approximate surface area is 172 Å². The number of ether oxygens (including phenoxy) is 1. The maximum atomic E-state index is 13.7. The molecule has 0 aliphatic carbocycles. The molecule has 5 nitrogen and oxygen atoms in total. The third-order valence-corrected chi connectivity index (χ3v) is 5.59. The predicted molar refractivity (Wildman–Crippen MR) is 105 cm³/mol. The summed E-state index contributed by atoms with van der Waals surface area (Å²) in [7, 11) is 0. The standard InChI is InChI=1S/C20H24F3N3O2S/c1-13-17(20(21,22)23)18(26(25-13)12-15-7-3-4-9-28-15)19(27)24-11-14-6-5-8-16(10-14)29-2/h5-6,8,10,15H,3-4,7,9,11-12H2,1-2H3,(H,24,27). The van der Waals surface area contributed by atoms with Gasteiger partial charge in [0.1, 0.15) is 11.3 Å². The lowest BCUT2D eigenvalue weighted by atomic mass is 10.1. The van der Waals surface area contributed by atoms with Gasteiger partial charge in [0.15, 0.2) is 0 Å². The van der Waals surface area contributed by atoms with Crippen LogP contribution in [0.1, 0.15) is 46.6 Å². The minimum atomic E-state index is -4.67. The number of hydrogen-bond acceptors (Lipinski definition) is 4. The number of alkyl halides is 3. The maximum Gasteiger partial charge on any atom is 0.420 e. The number of aromatic nitrogens is 2. The van der Waals surface area contributed by atoms with Crippen LogP contribution in [0.25, 0.3) is 0 Å². The molecule has 1 aromatic heterocycles. The zero-order valence-electron chi connectivity index (χ0n) is 16.4. The number of thioether (sulfide) groups is 1. The Bertz CT molecular complexity index is 861. The van der Waals surface area contributed by atoms with Crippen molar-refractivity contribution < 1.29 is 22.7 Å². The number of hydrogen-bond donors (Lipinski definition) is 1. The zero-order valence-corrected chi connectivity index (χ0v) is 17.2. The summed E-state index contributed by atoms with van der Waals surface area (Å²) in [5, 5.41) is 6.65. The fourth-order valence-corrected chi connectivity index (χ4v) is 3.96. The van der Waals surface area contributed by atoms with Crippen molar-refractivity contribution in [2.75, 3.05) is 12.9 Å². The van der Waals surface area contributed by atoms with E-state index in [4.69, 9.17) is 4.74 Å². The summed E-state index contributed by atoms with van der Waals surface area (Å²) >= 11 is 1.56. The summed E-state index contributed by atoms with van der Waals surface area (Å²) in [6.45, 7) is 2.11. The van der Waals surface area contributed by atoms with Gasteiger partial charge in [-0.1, -0.05) is 12.1 Å². The topological polar surface area (TPSA) is 56.2 Å². The normalized spacial score (nSPS) is 17.3. The lowest BCUT2D eigenvalue weighted by Crippen LogP contribution is -2.31. The average molecular weight is 427 g/mol. The van der Waals surface area contributed by atoms with Gasteiger partial charge in [0.2, 0.25) is 0 Å². The fraction of sp³-hybridized carbons (Fsp3) is 0.500. The van der Waals surface area contributed by atoms with Gasteiger partial charge in [-0.15, -0.1) is 11.8 Å². The van der Waals surface area contributed by atoms with Crippen molar-refractivity contribution in [1.82, 2.24) is 15.1 Å². The second-order valence-corrected chi connectivity index (χ2v) is 7.89. The van der Waals surface area contributed by atoms with Crippen molar-refractivity contribution in [3.63, 3.8) is 0 Å². The highest BCUT2D eigenvalue weighted by molar-refractivity contribution is 7.98. The van der Waals surface area contributed by atoms with Gasteiger partial charge in [-0.2, -0.15) is 18.3 Å². The maximum absolute atomic E-state index is 13.7. The summed E-state index contributed by atoms with van der Waals surface area (Å²) in [6.07, 6.45) is -0.352. The highest BCUT2D eigenvalue weighted by atomic mass is 32.2. The minimum absolute atomic E-state index is 0.127. The van der Waals surface area contributed by atoms with Gasteiger partial charge in [-0.05, 0) is 50.1 Å². The molecular weight excluding hydrogens is 403 g/mol. The van der Waals surface area contributed by atoms with Crippen LogP contribution in [0.4, 0.5) is 13.2 Å². The molecule has 1 N–H and O–H groups in total. The Morgan fingerprint density at radius 2 is 2.17 bits per heavy atom. The first-order chi connectivity index (χ1) is 13.8. The highest BCUT2D eigenvalue weighted by Crippen LogP contribution is 2.35. The molecule has 3 rings (SSSR count). The second-order valence-electron chi connectivity index (χ2n) is 7.01. The molecule has 1 amide bonds. The molecule has 2 heterocycles. The number of amides is 1. The Morgan fingerprint density at radius 1 is 1.38 bits per heavy atom. The monoisotopic (exact) mass is 427 g/mol. The molecule has 0 saturated carbocycles. The van der Waals surface area contributed by atoms with Crippen molar-refractivity contribution in [3.05, 3.63) is 46.8 Å². The molecule has 9 heteroatoms. The van der Waals surface area contributed by atoms with Crippen molar-refractivity contribution in [2.45, 2.75) is 56.5 Å². The van der Waals surface area contributed by atoms with E-state index in [0.717, 1.165) is 34.4 Å². The van der Waals surface area contributed by atoms with Crippen LogP contribution in [0.5, 0.6) is 0 Å². The summed E-state index contributed by atoms with van der Waals surface area (Å²) in [4.78, 5) is 13.8. The van der Waals surface area contributed by atoms with Crippen LogP contribution in [-0.4, -0.2) is 34.7 Å². The van der Waals surface area contributed by atoms with E-state index in [2.05, 4.69) is 10.4 Å². The van der Waals surface area contributed by atoms with E-state index >= 15 is 0 Å². The van der Waals surface area contributed by atoms with Gasteiger partial charge in [0, 0.05) is 18.0 Å². The summed E-state index contributed by atoms with van der Waals surface area (Å²) in [5.74, 6) is -0.789. The highest BCUT2D eigenvalue weighted by Gasteiger charge is 2.41. The molecule has 0 radical (unpaired) electrons. The Kier molecular flexibility index (Phi) is 6.89. The van der Waals surface area contributed by atoms with Crippen molar-refractivity contribution in [2.24, 2.45) is 0 Å². The lowest BCUT2D eigenvalue weighted by Gasteiger charge is -2.23. The SMILES string of the molecule is CSc1cccc(CNC(=O)c2c(C(F)(F)F)c(C)nn2CC2CCCCO2)c1. The summed E-state index contributed by atoms with van der Waals surface area (Å²) in [5.41, 5.74) is -0.825. The van der Waals surface area contributed by atoms with E-state index in [9.17, 15) is 18.0 Å². The predicted octanol–water partition coefficient (Wildman–Crippen LogP) is 4.43. The molecular formula is C20H24F3N3O2S. The number of nitrogens with one attached hydrogen (secondary N) is 1. The molecule has 1 fully saturated rings. The number of benzene rings is 1. The van der Waals surface area contributed by atoms with Gasteiger partial charge in [-0.3, -0.25) is 9.48 Å². The third kappa shape index (κ3) is 5.33. The smallest absolute Gasteiger partial charge is 0.376 e. The van der Waals surface area contributed by atoms with Gasteiger partial charge in [0.05, 0.1) is 18.3 Å². The molecule has 1 saturated heterocycles. The third-order valence-electron chi connectivity index (χ3n) is 4.86. The van der Waals surface area contributed by atoms with E-state index in [1.807, 2.05) is 30.5 Å². The van der Waals surface area contributed by atoms with Gasteiger partial charge in [-0.25, -0.2) is 0 Å². The van der Waals surface area contributed by atoms with Gasteiger partial charge >= 0.3 is 6.18 Å². The molecule has 0 bridgehead atoms. The Hall–Kier alpha value is -2.00. The van der Waals surface area contributed by atoms with E-state index in [0.29, 0.717) is 6.61 Å². The summed E-state index contributed by atoms with van der Waals surface area (Å²) < 4.78 is 47.8. The number of aryl methyl sites for hydroxylation is 1. The first kappa shape index (κ1) is 21.7. The van der Waals surface area contributed by atoms with Crippen LogP contribution < -0.4 is 5.32 Å². The quantitative estimate of drug-likeness (QED) is 0.693. The zero-order chi connectivity index (χ0) is 21.0. The van der Waals surface area contributed by atoms with E-state index in [1.54, 1.807) is 11.8 Å². The molecule has 1 atom stereocenters. The minimum Gasteiger partial charge on any atom is -0.376 e. The van der Waals surface area contributed by atoms with Crippen LogP contribution in [-0.2, 0) is 24.0 Å². The number of nitrogens with zero attached hydrogens (tertiary/aromatic N) is 2. The first-order valence-electron chi connectivity index (χ1n) is 9.47. The fourth-order valence-electron chi connectivity index (χ4n) is 3.48. The van der Waals surface area contributed by atoms with Crippen LogP contribution in [0.2, 0.25) is 0 Å². The molecule has 1 aliphatic rings. The molecule has 29 heavy (non-hydrogen) atoms. The van der Waals surface area contributed by atoms with Crippen LogP contribution in [0, 0.1) is 6.92 Å². The van der Waals surface area contributed by atoms with Crippen molar-refractivity contribution in [1.29, 1.82) is 0 Å². The van der Waals surface area contributed by atoms with Crippen LogP contribution >= 0.6 is 11.8 Å². The Morgan fingerprint density at radius 3 is 2.83 bits per heavy atom.